The molecular weight excluding hydrogens is 206 g/mol. The summed E-state index contributed by atoms with van der Waals surface area (Å²) in [5, 5.41) is 34.1. The molecule has 0 aromatic carbocycles. The van der Waals surface area contributed by atoms with Crippen LogP contribution in [0.15, 0.2) is 12.7 Å². The second kappa shape index (κ2) is 9.28. The topological polar surface area (TPSA) is 141 Å². The Morgan fingerprint density at radius 2 is 1.80 bits per heavy atom. The smallest absolute Gasteiger partial charge is 0.240 e. The lowest BCUT2D eigenvalue weighted by Gasteiger charge is -2.16. The summed E-state index contributed by atoms with van der Waals surface area (Å²) in [4.78, 5) is 19.2. The molecule has 0 aromatic rings. The summed E-state index contributed by atoms with van der Waals surface area (Å²) in [5.41, 5.74) is 4.53. The predicted molar refractivity (Wildman–Crippen MR) is 50.6 cm³/mol. The maximum absolute atomic E-state index is 9.76. The van der Waals surface area contributed by atoms with Crippen LogP contribution in [0.1, 0.15) is 0 Å². The summed E-state index contributed by atoms with van der Waals surface area (Å²) in [5.74, 6) is -0.481. The Hall–Kier alpha value is -1.28. The van der Waals surface area contributed by atoms with Crippen LogP contribution in [0.2, 0.25) is 0 Å². The van der Waals surface area contributed by atoms with E-state index in [0.29, 0.717) is 0 Å². The summed E-state index contributed by atoms with van der Waals surface area (Å²) in [6, 6.07) is 0. The molecular formula is C8H15NO6. The van der Waals surface area contributed by atoms with Gasteiger partial charge in [-0.05, 0) is 6.08 Å². The van der Waals surface area contributed by atoms with E-state index in [0.717, 1.165) is 6.08 Å². The highest BCUT2D eigenvalue weighted by molar-refractivity contribution is 5.84. The number of hydrogen-bond acceptors (Lipinski definition) is 6. The number of hydrogen-bond donors (Lipinski definition) is 5. The molecule has 0 bridgehead atoms. The van der Waals surface area contributed by atoms with Crippen molar-refractivity contribution >= 4 is 12.2 Å². The minimum Gasteiger partial charge on any atom is -0.394 e. The normalized spacial score (nSPS) is 15.2. The summed E-state index contributed by atoms with van der Waals surface area (Å²) in [6.45, 7) is 2.40. The monoisotopic (exact) mass is 221 g/mol. The van der Waals surface area contributed by atoms with Crippen LogP contribution in [0.3, 0.4) is 0 Å². The Labute approximate surface area is 86.4 Å². The van der Waals surface area contributed by atoms with Crippen LogP contribution in [0.25, 0.3) is 0 Å². The maximum atomic E-state index is 9.76. The molecule has 15 heavy (non-hydrogen) atoms. The van der Waals surface area contributed by atoms with Gasteiger partial charge >= 0.3 is 0 Å². The zero-order valence-corrected chi connectivity index (χ0v) is 7.98. The van der Waals surface area contributed by atoms with Gasteiger partial charge in [0.25, 0.3) is 0 Å². The lowest BCUT2D eigenvalue weighted by molar-refractivity contribution is -0.127. The molecule has 3 atom stereocenters. The standard InChI is InChI=1S/C5H10O5.C3H5NO/c6-1-3(8)5(10)4(9)2-7;1-2-3(4)5/h1,3-5,7-10H,2H2;2H,1H2,(H2,4,5)/t3-,4+,5+;/m0./s1. The van der Waals surface area contributed by atoms with E-state index in [2.05, 4.69) is 12.3 Å². The molecule has 0 aliphatic rings. The summed E-state index contributed by atoms with van der Waals surface area (Å²) >= 11 is 0. The molecule has 0 fully saturated rings. The highest BCUT2D eigenvalue weighted by Gasteiger charge is 2.22. The Kier molecular flexibility index (Phi) is 10.0. The first kappa shape index (κ1) is 16.2. The van der Waals surface area contributed by atoms with Crippen LogP contribution in [0.5, 0.6) is 0 Å². The second-order valence-corrected chi connectivity index (χ2v) is 2.47. The van der Waals surface area contributed by atoms with Gasteiger partial charge in [-0.3, -0.25) is 4.79 Å². The van der Waals surface area contributed by atoms with E-state index >= 15 is 0 Å². The van der Waals surface area contributed by atoms with Crippen LogP contribution in [-0.2, 0) is 9.59 Å². The van der Waals surface area contributed by atoms with Crippen LogP contribution < -0.4 is 5.73 Å². The number of rotatable bonds is 5. The van der Waals surface area contributed by atoms with Crippen molar-refractivity contribution in [2.45, 2.75) is 18.3 Å². The average molecular weight is 221 g/mol. The fourth-order valence-electron chi connectivity index (χ4n) is 0.416. The quantitative estimate of drug-likeness (QED) is 0.246. The van der Waals surface area contributed by atoms with Crippen molar-refractivity contribution in [3.05, 3.63) is 12.7 Å². The molecule has 1 amide bonds. The van der Waals surface area contributed by atoms with E-state index in [1.54, 1.807) is 0 Å². The van der Waals surface area contributed by atoms with E-state index in [1.807, 2.05) is 0 Å². The van der Waals surface area contributed by atoms with Crippen molar-refractivity contribution in [2.24, 2.45) is 5.73 Å². The molecule has 0 aliphatic heterocycles. The zero-order valence-electron chi connectivity index (χ0n) is 7.98. The highest BCUT2D eigenvalue weighted by atomic mass is 16.4. The first-order valence-corrected chi connectivity index (χ1v) is 3.92. The van der Waals surface area contributed by atoms with E-state index in [1.165, 1.54) is 0 Å². The van der Waals surface area contributed by atoms with E-state index in [9.17, 15) is 9.59 Å². The van der Waals surface area contributed by atoms with Crippen LogP contribution in [-0.4, -0.2) is 57.5 Å². The van der Waals surface area contributed by atoms with Crippen LogP contribution in [0.4, 0.5) is 0 Å². The molecule has 0 unspecified atom stereocenters. The molecule has 0 heterocycles. The first-order chi connectivity index (χ1) is 6.90. The third-order valence-electron chi connectivity index (χ3n) is 1.27. The van der Waals surface area contributed by atoms with Crippen molar-refractivity contribution in [1.29, 1.82) is 0 Å². The Bertz CT molecular complexity index is 207. The fraction of sp³-hybridized carbons (Fsp3) is 0.500. The number of amides is 1. The molecule has 6 N–H and O–H groups in total. The zero-order chi connectivity index (χ0) is 12.4. The molecule has 0 radical (unpaired) electrons. The number of aliphatic hydroxyl groups is 4. The SMILES string of the molecule is C=CC(N)=O.O=C[C@H](O)[C@@H](O)[C@H](O)CO. The van der Waals surface area contributed by atoms with E-state index in [-0.39, 0.29) is 6.29 Å². The molecule has 0 saturated carbocycles. The number of aldehydes is 1. The summed E-state index contributed by atoms with van der Waals surface area (Å²) in [6.07, 6.45) is -3.58. The minimum absolute atomic E-state index is 0.0869. The molecule has 0 spiro atoms. The van der Waals surface area contributed by atoms with Gasteiger partial charge in [0.05, 0.1) is 6.61 Å². The Morgan fingerprint density at radius 1 is 1.40 bits per heavy atom. The van der Waals surface area contributed by atoms with Crippen LogP contribution >= 0.6 is 0 Å². The molecule has 0 saturated heterocycles. The van der Waals surface area contributed by atoms with Gasteiger partial charge in [0.15, 0.2) is 6.29 Å². The number of carbonyl (C=O) groups excluding carboxylic acids is 2. The van der Waals surface area contributed by atoms with E-state index in [4.69, 9.17) is 20.4 Å². The first-order valence-electron chi connectivity index (χ1n) is 3.92. The van der Waals surface area contributed by atoms with Gasteiger partial charge in [-0.2, -0.15) is 0 Å². The molecule has 7 heteroatoms. The number of nitrogens with two attached hydrogens (primary N) is 1. The van der Waals surface area contributed by atoms with Gasteiger partial charge in [-0.15, -0.1) is 0 Å². The van der Waals surface area contributed by atoms with Crippen molar-refractivity contribution in [2.75, 3.05) is 6.61 Å². The molecule has 0 aromatic heterocycles. The van der Waals surface area contributed by atoms with Gasteiger partial charge in [0.1, 0.15) is 18.3 Å². The third-order valence-corrected chi connectivity index (χ3v) is 1.27. The van der Waals surface area contributed by atoms with Crippen molar-refractivity contribution < 1.29 is 30.0 Å². The van der Waals surface area contributed by atoms with E-state index < -0.39 is 30.8 Å². The number of primary amides is 1. The molecule has 0 aliphatic carbocycles. The lowest BCUT2D eigenvalue weighted by atomic mass is 10.1. The van der Waals surface area contributed by atoms with Gasteiger partial charge in [0.2, 0.25) is 5.91 Å². The van der Waals surface area contributed by atoms with Crippen molar-refractivity contribution in [1.82, 2.24) is 0 Å². The number of aliphatic hydroxyl groups excluding tert-OH is 4. The predicted octanol–water partition coefficient (Wildman–Crippen LogP) is -3.08. The Balaban J connectivity index is 0. The molecule has 88 valence electrons. The lowest BCUT2D eigenvalue weighted by Crippen LogP contribution is -2.40. The van der Waals surface area contributed by atoms with Gasteiger partial charge < -0.3 is 31.0 Å². The Morgan fingerprint density at radius 3 is 2.00 bits per heavy atom. The largest absolute Gasteiger partial charge is 0.394 e. The van der Waals surface area contributed by atoms with Gasteiger partial charge in [0, 0.05) is 0 Å². The molecule has 0 rings (SSSR count). The van der Waals surface area contributed by atoms with Gasteiger partial charge in [-0.1, -0.05) is 6.58 Å². The highest BCUT2D eigenvalue weighted by Crippen LogP contribution is 1.96. The maximum Gasteiger partial charge on any atom is 0.240 e. The summed E-state index contributed by atoms with van der Waals surface area (Å²) in [7, 11) is 0. The van der Waals surface area contributed by atoms with Crippen molar-refractivity contribution in [3.8, 4) is 0 Å². The van der Waals surface area contributed by atoms with Crippen LogP contribution in [0, 0.1) is 0 Å². The van der Waals surface area contributed by atoms with Gasteiger partial charge in [-0.25, -0.2) is 0 Å². The van der Waals surface area contributed by atoms with Crippen molar-refractivity contribution in [3.63, 3.8) is 0 Å². The minimum atomic E-state index is -1.64. The average Bonchev–Trinajstić information content (AvgIpc) is 2.26. The molecule has 7 nitrogen and oxygen atoms in total. The number of carbonyl (C=O) groups is 2. The second-order valence-electron chi connectivity index (χ2n) is 2.47. The summed E-state index contributed by atoms with van der Waals surface area (Å²) < 4.78 is 0. The fourth-order valence-corrected chi connectivity index (χ4v) is 0.416. The third kappa shape index (κ3) is 9.03.